The van der Waals surface area contributed by atoms with Crippen LogP contribution in [0.5, 0.6) is 0 Å². The quantitative estimate of drug-likeness (QED) is 0.0753. The number of fused-ring (bicyclic) bond motifs is 7. The van der Waals surface area contributed by atoms with Crippen LogP contribution in [0.15, 0.2) is 11.6 Å². The molecule has 3 heterocycles. The topological polar surface area (TPSA) is 329 Å². The fourth-order valence-corrected chi connectivity index (χ4v) is 14.8. The van der Waals surface area contributed by atoms with Crippen molar-refractivity contribution in [3.05, 3.63) is 11.6 Å². The van der Waals surface area contributed by atoms with E-state index in [0.717, 1.165) is 11.9 Å². The highest BCUT2D eigenvalue weighted by molar-refractivity contribution is 5.78. The van der Waals surface area contributed by atoms with Crippen LogP contribution < -0.4 is 0 Å². The molecule has 380 valence electrons. The van der Waals surface area contributed by atoms with E-state index in [1.54, 1.807) is 6.92 Å². The van der Waals surface area contributed by atoms with E-state index < -0.39 is 150 Å². The molecule has 5 aliphatic carbocycles. The Morgan fingerprint density at radius 3 is 2.04 bits per heavy atom. The van der Waals surface area contributed by atoms with Crippen molar-refractivity contribution in [3.63, 3.8) is 0 Å². The fourth-order valence-electron chi connectivity index (χ4n) is 14.8. The second-order valence-corrected chi connectivity index (χ2v) is 22.8. The zero-order valence-electron chi connectivity index (χ0n) is 39.0. The Hall–Kier alpha value is -2.25. The van der Waals surface area contributed by atoms with Crippen molar-refractivity contribution in [2.24, 2.45) is 50.2 Å². The van der Waals surface area contributed by atoms with E-state index in [4.69, 9.17) is 28.4 Å². The van der Waals surface area contributed by atoms with Crippen LogP contribution in [0.2, 0.25) is 0 Å². The van der Waals surface area contributed by atoms with E-state index >= 15 is 0 Å². The number of aliphatic hydroxyl groups excluding tert-OH is 9. The van der Waals surface area contributed by atoms with Crippen molar-refractivity contribution in [3.8, 4) is 0 Å². The molecule has 20 nitrogen and oxygen atoms in total. The van der Waals surface area contributed by atoms with Crippen LogP contribution in [0.3, 0.4) is 0 Å². The van der Waals surface area contributed by atoms with E-state index in [2.05, 4.69) is 40.7 Å². The lowest BCUT2D eigenvalue weighted by molar-refractivity contribution is -0.391. The number of hydrogen-bond donors (Lipinski definition) is 11. The molecular formula is C47H72O20. The number of rotatable bonds is 10. The third-order valence-electron chi connectivity index (χ3n) is 18.9. The molecule has 0 bridgehead atoms. The smallest absolute Gasteiger partial charge is 0.335 e. The number of allylic oxidation sites excluding steroid dienone is 2. The lowest BCUT2D eigenvalue weighted by Gasteiger charge is -2.71. The second-order valence-electron chi connectivity index (χ2n) is 22.8. The van der Waals surface area contributed by atoms with Crippen LogP contribution in [0.1, 0.15) is 99.3 Å². The van der Waals surface area contributed by atoms with Crippen LogP contribution in [0.25, 0.3) is 0 Å². The number of carbonyl (C=O) groups is 3. The van der Waals surface area contributed by atoms with Gasteiger partial charge in [0.25, 0.3) is 0 Å². The van der Waals surface area contributed by atoms with E-state index in [1.807, 2.05) is 0 Å². The normalized spacial score (nSPS) is 54.0. The van der Waals surface area contributed by atoms with Gasteiger partial charge in [-0.25, -0.2) is 4.79 Å². The molecule has 0 radical (unpaired) electrons. The number of aliphatic carboxylic acids is 2. The Balaban J connectivity index is 1.13. The van der Waals surface area contributed by atoms with Crippen LogP contribution in [-0.2, 0) is 42.8 Å². The summed E-state index contributed by atoms with van der Waals surface area (Å²) >= 11 is 0. The number of ether oxygens (including phenoxy) is 6. The summed E-state index contributed by atoms with van der Waals surface area (Å²) in [4.78, 5) is 39.8. The van der Waals surface area contributed by atoms with Gasteiger partial charge in [-0.2, -0.15) is 0 Å². The average molecular weight is 957 g/mol. The van der Waals surface area contributed by atoms with Gasteiger partial charge in [-0.05, 0) is 97.2 Å². The van der Waals surface area contributed by atoms with Crippen molar-refractivity contribution in [1.29, 1.82) is 0 Å². The summed E-state index contributed by atoms with van der Waals surface area (Å²) in [6.07, 6.45) is -20.5. The van der Waals surface area contributed by atoms with Crippen LogP contribution in [0.4, 0.5) is 0 Å². The Morgan fingerprint density at radius 2 is 1.40 bits per heavy atom. The van der Waals surface area contributed by atoms with E-state index in [0.29, 0.717) is 44.9 Å². The summed E-state index contributed by atoms with van der Waals surface area (Å²) < 4.78 is 35.9. The lowest BCUT2D eigenvalue weighted by Crippen LogP contribution is -2.69. The molecule has 67 heavy (non-hydrogen) atoms. The number of carbonyl (C=O) groups excluding carboxylic acids is 1. The zero-order chi connectivity index (χ0) is 49.1. The highest BCUT2D eigenvalue weighted by Crippen LogP contribution is 2.76. The van der Waals surface area contributed by atoms with Crippen LogP contribution >= 0.6 is 0 Å². The maximum atomic E-state index is 13.8. The Bertz CT molecular complexity index is 1910. The average Bonchev–Trinajstić information content (AvgIpc) is 3.26. The number of hydrogen-bond acceptors (Lipinski definition) is 18. The maximum absolute atomic E-state index is 13.8. The summed E-state index contributed by atoms with van der Waals surface area (Å²) in [7, 11) is 0. The van der Waals surface area contributed by atoms with Gasteiger partial charge in [0.05, 0.1) is 30.8 Å². The molecule has 0 aromatic heterocycles. The van der Waals surface area contributed by atoms with Gasteiger partial charge in [-0.1, -0.05) is 53.2 Å². The van der Waals surface area contributed by atoms with Gasteiger partial charge >= 0.3 is 11.9 Å². The largest absolute Gasteiger partial charge is 0.481 e. The van der Waals surface area contributed by atoms with Crippen molar-refractivity contribution in [1.82, 2.24) is 0 Å². The third kappa shape index (κ3) is 7.78. The molecule has 4 saturated carbocycles. The van der Waals surface area contributed by atoms with Gasteiger partial charge in [-0.15, -0.1) is 0 Å². The minimum absolute atomic E-state index is 0.0258. The molecular weight excluding hydrogens is 884 g/mol. The van der Waals surface area contributed by atoms with Gasteiger partial charge in [-0.3, -0.25) is 4.79 Å². The minimum Gasteiger partial charge on any atom is -0.481 e. The summed E-state index contributed by atoms with van der Waals surface area (Å²) in [6.45, 7) is 11.3. The molecule has 0 aromatic rings. The second kappa shape index (κ2) is 17.8. The van der Waals surface area contributed by atoms with Crippen LogP contribution in [0, 0.1) is 50.2 Å². The van der Waals surface area contributed by atoms with Crippen molar-refractivity contribution in [2.45, 2.75) is 198 Å². The first-order valence-corrected chi connectivity index (χ1v) is 23.8. The first-order valence-electron chi connectivity index (χ1n) is 23.8. The van der Waals surface area contributed by atoms with Crippen molar-refractivity contribution in [2.75, 3.05) is 13.2 Å². The maximum Gasteiger partial charge on any atom is 0.335 e. The lowest BCUT2D eigenvalue weighted by atomic mass is 9.33. The molecule has 11 N–H and O–H groups in total. The van der Waals surface area contributed by atoms with E-state index in [1.165, 1.54) is 0 Å². The van der Waals surface area contributed by atoms with E-state index in [-0.39, 0.29) is 36.0 Å². The van der Waals surface area contributed by atoms with Gasteiger partial charge < -0.3 is 89.4 Å². The summed E-state index contributed by atoms with van der Waals surface area (Å²) in [5.74, 6) is -3.36. The van der Waals surface area contributed by atoms with Crippen LogP contribution in [-0.4, -0.2) is 186 Å². The number of carboxylic acid groups (broad SMARTS) is 2. The molecule has 0 aromatic carbocycles. The summed E-state index contributed by atoms with van der Waals surface area (Å²) in [5, 5.41) is 118. The predicted molar refractivity (Wildman–Crippen MR) is 227 cm³/mol. The molecule has 0 spiro atoms. The number of aldehydes is 1. The molecule has 0 unspecified atom stereocenters. The third-order valence-corrected chi connectivity index (χ3v) is 18.9. The van der Waals surface area contributed by atoms with Gasteiger partial charge in [0.1, 0.15) is 72.7 Å². The Kier molecular flexibility index (Phi) is 13.6. The van der Waals surface area contributed by atoms with E-state index in [9.17, 15) is 70.6 Å². The standard InChI is InChI=1S/C47H72O20/c1-42(2)13-14-47(41(60)61)21(15-42)20-7-8-25-43(3)11-10-27(44(4,19-49)24(43)9-12-45(25,5)46(20,6)16-26(47)51)64-40-36(67-39-32(56)30(54)29(53)23(17-48)63-39)34(33(57)35(66-40)37(58)59)65-38-31(55)28(52)22(50)18-62-38/h7,19,21-36,38-40,48,50-57H,8-18H2,1-6H3,(H,58,59)(H,60,61)/t21-,22+,23+,24+,25+,26+,27-,28-,29+,30-,31+,32+,33-,34-,35-,36+,38-,39-,40+,43-,44-,45+,46+,47+/m0/s1. The number of carboxylic acids is 2. The SMILES string of the molecule is CC1(C)CC[C@]2(C(=O)O)[C@H](O)C[C@]3(C)C(=CC[C@@H]4[C@@]5(C)CC[C@H](O[C@@H]6O[C@H](C(=O)O)[C@@H](O)[C@H](O[C@@H]7OC[C@@H](O)[C@H](O)[C@H]7O)[C@H]6O[C@@H]6O[C@H](CO)[C@@H](O)[C@H](O)[C@H]6O)[C@@](C)(C=O)[C@@H]5CC[C@]43C)[C@@H]2C1. The molecule has 20 heteroatoms. The first-order chi connectivity index (χ1) is 31.3. The zero-order valence-corrected chi connectivity index (χ0v) is 39.0. The summed E-state index contributed by atoms with van der Waals surface area (Å²) in [5.41, 5.74) is -3.10. The molecule has 0 amide bonds. The first kappa shape index (κ1) is 51.1. The van der Waals surface area contributed by atoms with Gasteiger partial charge in [0, 0.05) is 0 Å². The Morgan fingerprint density at radius 1 is 0.731 bits per heavy atom. The van der Waals surface area contributed by atoms with Gasteiger partial charge in [0.15, 0.2) is 25.0 Å². The van der Waals surface area contributed by atoms with Crippen molar-refractivity contribution >= 4 is 18.2 Å². The Labute approximate surface area is 389 Å². The van der Waals surface area contributed by atoms with Gasteiger partial charge in [0.2, 0.25) is 0 Å². The number of aliphatic hydroxyl groups is 9. The molecule has 8 aliphatic rings. The molecule has 24 atom stereocenters. The minimum atomic E-state index is -2.14. The molecule has 7 fully saturated rings. The predicted octanol–water partition coefficient (Wildman–Crippen LogP) is -0.413. The van der Waals surface area contributed by atoms with Crippen molar-refractivity contribution < 1.29 is 99.0 Å². The highest BCUT2D eigenvalue weighted by Gasteiger charge is 2.72. The molecule has 3 aliphatic heterocycles. The highest BCUT2D eigenvalue weighted by atomic mass is 16.8. The fraction of sp³-hybridized carbons (Fsp3) is 0.894. The summed E-state index contributed by atoms with van der Waals surface area (Å²) in [6, 6.07) is 0. The molecule has 3 saturated heterocycles. The monoisotopic (exact) mass is 956 g/mol. The molecule has 8 rings (SSSR count).